The Morgan fingerprint density at radius 2 is 2.00 bits per heavy atom. The monoisotopic (exact) mass is 397 g/mol. The van der Waals surface area contributed by atoms with Gasteiger partial charge in [-0.3, -0.25) is 4.98 Å². The number of ether oxygens (including phenoxy) is 2. The SMILES string of the molecule is COc1ccc(N2C(=S)N[C@@H](c3ccccn3)[C@@H]2c2cccs2)c(OC)c1. The van der Waals surface area contributed by atoms with Crippen molar-refractivity contribution in [3.8, 4) is 11.5 Å². The number of methoxy groups -OCH3 is 2. The predicted octanol–water partition coefficient (Wildman–Crippen LogP) is 4.34. The molecule has 0 aliphatic carbocycles. The van der Waals surface area contributed by atoms with Gasteiger partial charge in [0.1, 0.15) is 11.5 Å². The molecular formula is C20H19N3O2S2. The van der Waals surface area contributed by atoms with Crippen molar-refractivity contribution in [1.29, 1.82) is 0 Å². The van der Waals surface area contributed by atoms with Crippen molar-refractivity contribution in [2.75, 3.05) is 19.1 Å². The molecule has 1 aliphatic heterocycles. The molecule has 0 spiro atoms. The Labute approximate surface area is 167 Å². The van der Waals surface area contributed by atoms with Gasteiger partial charge in [0.15, 0.2) is 5.11 Å². The number of anilines is 1. The third-order valence-electron chi connectivity index (χ3n) is 4.58. The smallest absolute Gasteiger partial charge is 0.174 e. The highest BCUT2D eigenvalue weighted by atomic mass is 32.1. The summed E-state index contributed by atoms with van der Waals surface area (Å²) in [5.74, 6) is 1.45. The van der Waals surface area contributed by atoms with E-state index in [0.29, 0.717) is 10.9 Å². The Balaban J connectivity index is 1.83. The van der Waals surface area contributed by atoms with Crippen LogP contribution < -0.4 is 19.7 Å². The van der Waals surface area contributed by atoms with Gasteiger partial charge in [-0.2, -0.15) is 0 Å². The van der Waals surface area contributed by atoms with Crippen LogP contribution in [0.2, 0.25) is 0 Å². The Morgan fingerprint density at radius 1 is 1.11 bits per heavy atom. The number of benzene rings is 1. The summed E-state index contributed by atoms with van der Waals surface area (Å²) in [6.45, 7) is 0. The van der Waals surface area contributed by atoms with Gasteiger partial charge in [0.2, 0.25) is 0 Å². The van der Waals surface area contributed by atoms with Crippen LogP contribution in [0.5, 0.6) is 11.5 Å². The molecule has 1 aromatic carbocycles. The topological polar surface area (TPSA) is 46.6 Å². The minimum absolute atomic E-state index is 0.0188. The highest BCUT2D eigenvalue weighted by molar-refractivity contribution is 7.80. The summed E-state index contributed by atoms with van der Waals surface area (Å²) in [4.78, 5) is 7.87. The molecule has 1 N–H and O–H groups in total. The Morgan fingerprint density at radius 3 is 2.67 bits per heavy atom. The quantitative estimate of drug-likeness (QED) is 0.647. The molecule has 3 aromatic rings. The fraction of sp³-hybridized carbons (Fsp3) is 0.200. The second-order valence-electron chi connectivity index (χ2n) is 6.05. The molecule has 2 aromatic heterocycles. The molecule has 4 rings (SSSR count). The zero-order valence-corrected chi connectivity index (χ0v) is 16.6. The van der Waals surface area contributed by atoms with Gasteiger partial charge in [-0.15, -0.1) is 11.3 Å². The number of thiocarbonyl (C=S) groups is 1. The van der Waals surface area contributed by atoms with Gasteiger partial charge in [0, 0.05) is 17.1 Å². The lowest BCUT2D eigenvalue weighted by Gasteiger charge is -2.28. The number of hydrogen-bond acceptors (Lipinski definition) is 5. The largest absolute Gasteiger partial charge is 0.497 e. The molecule has 5 nitrogen and oxygen atoms in total. The second kappa shape index (κ2) is 7.54. The molecule has 0 bridgehead atoms. The molecule has 0 amide bonds. The maximum atomic E-state index is 5.72. The van der Waals surface area contributed by atoms with Crippen LogP contribution in [-0.4, -0.2) is 24.3 Å². The zero-order chi connectivity index (χ0) is 18.8. The molecule has 1 fully saturated rings. The predicted molar refractivity (Wildman–Crippen MR) is 112 cm³/mol. The summed E-state index contributed by atoms with van der Waals surface area (Å²) < 4.78 is 11.0. The number of rotatable bonds is 5. The van der Waals surface area contributed by atoms with Crippen LogP contribution >= 0.6 is 23.6 Å². The lowest BCUT2D eigenvalue weighted by molar-refractivity contribution is 0.394. The minimum Gasteiger partial charge on any atom is -0.497 e. The van der Waals surface area contributed by atoms with Crippen molar-refractivity contribution in [3.63, 3.8) is 0 Å². The van der Waals surface area contributed by atoms with Crippen molar-refractivity contribution in [3.05, 3.63) is 70.7 Å². The summed E-state index contributed by atoms with van der Waals surface area (Å²) >= 11 is 7.43. The first-order valence-corrected chi connectivity index (χ1v) is 9.78. The zero-order valence-electron chi connectivity index (χ0n) is 15.0. The van der Waals surface area contributed by atoms with E-state index in [0.717, 1.165) is 17.1 Å². The highest BCUT2D eigenvalue weighted by Gasteiger charge is 2.42. The van der Waals surface area contributed by atoms with E-state index in [1.807, 2.05) is 42.6 Å². The van der Waals surface area contributed by atoms with Gasteiger partial charge >= 0.3 is 0 Å². The number of hydrogen-bond donors (Lipinski definition) is 1. The minimum atomic E-state index is -0.0517. The fourth-order valence-electron chi connectivity index (χ4n) is 3.35. The average Bonchev–Trinajstić information content (AvgIpc) is 3.35. The van der Waals surface area contributed by atoms with Gasteiger partial charge in [-0.1, -0.05) is 12.1 Å². The van der Waals surface area contributed by atoms with E-state index in [2.05, 4.69) is 32.7 Å². The number of thiophene rings is 1. The molecule has 0 radical (unpaired) electrons. The summed E-state index contributed by atoms with van der Waals surface area (Å²) in [6.07, 6.45) is 1.81. The van der Waals surface area contributed by atoms with Crippen LogP contribution in [0.4, 0.5) is 5.69 Å². The molecule has 138 valence electrons. The molecule has 3 heterocycles. The molecule has 0 unspecified atom stereocenters. The average molecular weight is 398 g/mol. The molecule has 7 heteroatoms. The maximum Gasteiger partial charge on any atom is 0.174 e. The Kier molecular flexibility index (Phi) is 4.96. The fourth-order valence-corrected chi connectivity index (χ4v) is 4.54. The van der Waals surface area contributed by atoms with Crippen molar-refractivity contribution in [2.45, 2.75) is 12.1 Å². The summed E-state index contributed by atoms with van der Waals surface area (Å²) in [6, 6.07) is 15.8. The van der Waals surface area contributed by atoms with Crippen LogP contribution in [-0.2, 0) is 0 Å². The lowest BCUT2D eigenvalue weighted by Crippen LogP contribution is -2.29. The van der Waals surface area contributed by atoms with Crippen LogP contribution in [0.3, 0.4) is 0 Å². The third-order valence-corrected chi connectivity index (χ3v) is 5.84. The summed E-state index contributed by atoms with van der Waals surface area (Å²) in [5.41, 5.74) is 1.85. The first kappa shape index (κ1) is 17.8. The van der Waals surface area contributed by atoms with E-state index in [4.69, 9.17) is 21.7 Å². The number of nitrogens with one attached hydrogen (secondary N) is 1. The summed E-state index contributed by atoms with van der Waals surface area (Å²) in [5, 5.41) is 6.18. The number of aromatic nitrogens is 1. The molecule has 1 aliphatic rings. The van der Waals surface area contributed by atoms with Gasteiger partial charge < -0.3 is 19.7 Å². The van der Waals surface area contributed by atoms with E-state index < -0.39 is 0 Å². The highest BCUT2D eigenvalue weighted by Crippen LogP contribution is 2.46. The van der Waals surface area contributed by atoms with E-state index in [-0.39, 0.29) is 12.1 Å². The van der Waals surface area contributed by atoms with Crippen molar-refractivity contribution < 1.29 is 9.47 Å². The van der Waals surface area contributed by atoms with E-state index in [9.17, 15) is 0 Å². The van der Waals surface area contributed by atoms with Crippen LogP contribution in [0.15, 0.2) is 60.1 Å². The lowest BCUT2D eigenvalue weighted by atomic mass is 10.0. The van der Waals surface area contributed by atoms with Gasteiger partial charge in [0.25, 0.3) is 0 Å². The van der Waals surface area contributed by atoms with Crippen LogP contribution in [0, 0.1) is 0 Å². The molecule has 27 heavy (non-hydrogen) atoms. The first-order chi connectivity index (χ1) is 13.2. The standard InChI is InChI=1S/C20H19N3O2S2/c1-24-13-8-9-15(16(12-13)25-2)23-19(17-7-5-11-27-17)18(22-20(23)26)14-6-3-4-10-21-14/h3-12,18-19H,1-2H3,(H,22,26)/t18-,19-/m0/s1. The van der Waals surface area contributed by atoms with Gasteiger partial charge in [-0.05, 0) is 47.9 Å². The van der Waals surface area contributed by atoms with E-state index >= 15 is 0 Å². The Bertz CT molecular complexity index is 932. The van der Waals surface area contributed by atoms with Crippen molar-refractivity contribution in [1.82, 2.24) is 10.3 Å². The van der Waals surface area contributed by atoms with Crippen LogP contribution in [0.25, 0.3) is 0 Å². The van der Waals surface area contributed by atoms with Gasteiger partial charge in [0.05, 0.1) is 37.7 Å². The molecular weight excluding hydrogens is 378 g/mol. The normalized spacial score (nSPS) is 19.0. The van der Waals surface area contributed by atoms with Crippen LogP contribution in [0.1, 0.15) is 22.7 Å². The second-order valence-corrected chi connectivity index (χ2v) is 7.42. The Hall–Kier alpha value is -2.64. The van der Waals surface area contributed by atoms with Gasteiger partial charge in [-0.25, -0.2) is 0 Å². The molecule has 0 saturated carbocycles. The summed E-state index contributed by atoms with van der Waals surface area (Å²) in [7, 11) is 3.29. The maximum absolute atomic E-state index is 5.72. The third kappa shape index (κ3) is 3.24. The number of pyridine rings is 1. The van der Waals surface area contributed by atoms with Crippen molar-refractivity contribution >= 4 is 34.4 Å². The van der Waals surface area contributed by atoms with E-state index in [1.54, 1.807) is 25.6 Å². The molecule has 1 saturated heterocycles. The van der Waals surface area contributed by atoms with Crippen molar-refractivity contribution in [2.24, 2.45) is 0 Å². The van der Waals surface area contributed by atoms with E-state index in [1.165, 1.54) is 4.88 Å². The molecule has 2 atom stereocenters. The number of nitrogens with zero attached hydrogens (tertiary/aromatic N) is 2. The first-order valence-electron chi connectivity index (χ1n) is 8.49.